The van der Waals surface area contributed by atoms with Gasteiger partial charge in [0.05, 0.1) is 5.52 Å². The van der Waals surface area contributed by atoms with E-state index in [4.69, 9.17) is 4.98 Å². The van der Waals surface area contributed by atoms with Crippen LogP contribution in [0.4, 0.5) is 0 Å². The normalized spacial score (nSPS) is 11.9. The summed E-state index contributed by atoms with van der Waals surface area (Å²) in [4.78, 5) is 5.35. The van der Waals surface area contributed by atoms with Gasteiger partial charge in [0.1, 0.15) is 0 Å². The molecular formula is C53H39NSi2. The van der Waals surface area contributed by atoms with E-state index in [9.17, 15) is 0 Å². The fourth-order valence-electron chi connectivity index (χ4n) is 9.59. The van der Waals surface area contributed by atoms with Gasteiger partial charge in [-0.3, -0.25) is 4.98 Å². The highest BCUT2D eigenvalue weighted by Crippen LogP contribution is 2.31. The third kappa shape index (κ3) is 5.16. The van der Waals surface area contributed by atoms with Crippen LogP contribution in [0.1, 0.15) is 0 Å². The summed E-state index contributed by atoms with van der Waals surface area (Å²) in [5, 5.41) is 17.2. The van der Waals surface area contributed by atoms with Crippen LogP contribution in [-0.4, -0.2) is 21.1 Å². The number of hydrogen-bond acceptors (Lipinski definition) is 1. The lowest BCUT2D eigenvalue weighted by atomic mass is 10.0. The number of benzene rings is 9. The van der Waals surface area contributed by atoms with Crippen molar-refractivity contribution < 1.29 is 0 Å². The Balaban J connectivity index is 1.53. The Bertz CT molecular complexity index is 2740. The van der Waals surface area contributed by atoms with Gasteiger partial charge in [-0.1, -0.05) is 224 Å². The third-order valence-corrected chi connectivity index (χ3v) is 21.5. The molecule has 0 aliphatic carbocycles. The molecule has 0 spiro atoms. The van der Waals surface area contributed by atoms with Crippen LogP contribution in [0, 0.1) is 0 Å². The van der Waals surface area contributed by atoms with Crippen LogP contribution >= 0.6 is 0 Å². The standard InChI is InChI=1S/C53H39NSi2/c1-7-23-40(24-8-1)55(41-25-9-2-10-26-41,42-27-11-3-12-28-42)52-46-35-19-20-36-47(46)53(51-48-37-21-22-38-50(48)54-39-49(51)52)56(43-29-13-4-14-30-43,44-31-15-5-16-32-44)45-33-17-6-18-34-45/h1-39H. The van der Waals surface area contributed by atoms with Crippen LogP contribution in [-0.2, 0) is 0 Å². The SMILES string of the molecule is c1ccc([Si](c2ccccc2)(c2ccccc2)c2c3ccccc3c([Si](c3ccccc3)(c3ccccc3)c3ccccc3)c3c2cnc2ccccc23)cc1. The minimum absolute atomic E-state index is 1.01. The molecule has 0 aliphatic rings. The Morgan fingerprint density at radius 2 is 0.536 bits per heavy atom. The molecule has 10 aromatic rings. The monoisotopic (exact) mass is 745 g/mol. The van der Waals surface area contributed by atoms with Crippen LogP contribution in [0.3, 0.4) is 0 Å². The van der Waals surface area contributed by atoms with E-state index in [1.165, 1.54) is 68.4 Å². The van der Waals surface area contributed by atoms with Crippen molar-refractivity contribution in [2.45, 2.75) is 0 Å². The molecule has 0 saturated heterocycles. The molecule has 9 aromatic carbocycles. The average molecular weight is 746 g/mol. The van der Waals surface area contributed by atoms with Gasteiger partial charge >= 0.3 is 0 Å². The largest absolute Gasteiger partial charge is 0.256 e. The highest BCUT2D eigenvalue weighted by atomic mass is 28.3. The number of fused-ring (bicyclic) bond motifs is 4. The van der Waals surface area contributed by atoms with Crippen LogP contribution in [0.5, 0.6) is 0 Å². The molecule has 0 fully saturated rings. The van der Waals surface area contributed by atoms with Gasteiger partial charge in [0.15, 0.2) is 16.1 Å². The summed E-state index contributed by atoms with van der Waals surface area (Å²) < 4.78 is 0. The van der Waals surface area contributed by atoms with Crippen molar-refractivity contribution in [3.63, 3.8) is 0 Å². The molecule has 0 bridgehead atoms. The highest BCUT2D eigenvalue weighted by Gasteiger charge is 2.48. The molecule has 0 unspecified atom stereocenters. The molecule has 1 aromatic heterocycles. The maximum Gasteiger partial charge on any atom is 0.180 e. The van der Waals surface area contributed by atoms with E-state index >= 15 is 0 Å². The van der Waals surface area contributed by atoms with E-state index in [-0.39, 0.29) is 0 Å². The summed E-state index contributed by atoms with van der Waals surface area (Å²) in [5.41, 5.74) is 1.01. The topological polar surface area (TPSA) is 12.9 Å². The first-order valence-corrected chi connectivity index (χ1v) is 23.4. The molecule has 1 heterocycles. The summed E-state index contributed by atoms with van der Waals surface area (Å²) >= 11 is 0. The Morgan fingerprint density at radius 3 is 0.911 bits per heavy atom. The summed E-state index contributed by atoms with van der Waals surface area (Å²) in [5.74, 6) is 0. The zero-order valence-electron chi connectivity index (χ0n) is 31.0. The zero-order chi connectivity index (χ0) is 37.4. The van der Waals surface area contributed by atoms with Crippen molar-refractivity contribution in [2.24, 2.45) is 0 Å². The van der Waals surface area contributed by atoms with E-state index < -0.39 is 16.1 Å². The first kappa shape index (κ1) is 33.9. The van der Waals surface area contributed by atoms with Crippen molar-refractivity contribution in [3.05, 3.63) is 237 Å². The van der Waals surface area contributed by atoms with Crippen molar-refractivity contribution in [1.82, 2.24) is 4.98 Å². The number of aromatic nitrogens is 1. The van der Waals surface area contributed by atoms with Crippen LogP contribution < -0.4 is 41.5 Å². The highest BCUT2D eigenvalue weighted by molar-refractivity contribution is 7.24. The number of pyridine rings is 1. The molecule has 0 atom stereocenters. The summed E-state index contributed by atoms with van der Waals surface area (Å²) in [6.45, 7) is 0. The minimum Gasteiger partial charge on any atom is -0.256 e. The van der Waals surface area contributed by atoms with Crippen LogP contribution in [0.15, 0.2) is 237 Å². The van der Waals surface area contributed by atoms with Gasteiger partial charge in [-0.15, -0.1) is 0 Å². The van der Waals surface area contributed by atoms with Crippen molar-refractivity contribution in [1.29, 1.82) is 0 Å². The van der Waals surface area contributed by atoms with Crippen molar-refractivity contribution >= 4 is 90.1 Å². The second kappa shape index (κ2) is 14.2. The predicted octanol–water partition coefficient (Wildman–Crippen LogP) is 7.30. The lowest BCUT2D eigenvalue weighted by Crippen LogP contribution is -2.77. The van der Waals surface area contributed by atoms with Gasteiger partial charge in [-0.25, -0.2) is 0 Å². The number of rotatable bonds is 8. The predicted molar refractivity (Wildman–Crippen MR) is 244 cm³/mol. The molecule has 0 N–H and O–H groups in total. The Kier molecular flexibility index (Phi) is 8.59. The molecule has 0 aliphatic heterocycles. The van der Waals surface area contributed by atoms with Crippen molar-refractivity contribution in [2.75, 3.05) is 0 Å². The van der Waals surface area contributed by atoms with Gasteiger partial charge in [0, 0.05) is 17.0 Å². The van der Waals surface area contributed by atoms with E-state index in [1.807, 2.05) is 0 Å². The number of nitrogens with zero attached hydrogens (tertiary/aromatic N) is 1. The maximum atomic E-state index is 5.35. The van der Waals surface area contributed by atoms with Crippen LogP contribution in [0.2, 0.25) is 0 Å². The second-order valence-electron chi connectivity index (χ2n) is 14.6. The molecule has 264 valence electrons. The zero-order valence-corrected chi connectivity index (χ0v) is 33.0. The van der Waals surface area contributed by atoms with Gasteiger partial charge in [0.2, 0.25) is 0 Å². The first-order valence-electron chi connectivity index (χ1n) is 19.4. The van der Waals surface area contributed by atoms with Gasteiger partial charge in [0.25, 0.3) is 0 Å². The average Bonchev–Trinajstić information content (AvgIpc) is 3.29. The second-order valence-corrected chi connectivity index (χ2v) is 22.0. The van der Waals surface area contributed by atoms with Gasteiger partial charge in [-0.2, -0.15) is 0 Å². The Hall–Kier alpha value is -6.66. The molecule has 0 amide bonds. The quantitative estimate of drug-likeness (QED) is 0.0690. The minimum atomic E-state index is -3.08. The maximum absolute atomic E-state index is 5.35. The fraction of sp³-hybridized carbons (Fsp3) is 0. The smallest absolute Gasteiger partial charge is 0.180 e. The first-order chi connectivity index (χ1) is 27.8. The molecule has 56 heavy (non-hydrogen) atoms. The summed E-state index contributed by atoms with van der Waals surface area (Å²) in [7, 11) is -6.14. The molecule has 3 heteroatoms. The summed E-state index contributed by atoms with van der Waals surface area (Å²) in [6.07, 6.45) is 2.22. The molecular weight excluding hydrogens is 707 g/mol. The number of para-hydroxylation sites is 1. The Labute approximate surface area is 330 Å². The molecule has 10 rings (SSSR count). The lowest BCUT2D eigenvalue weighted by molar-refractivity contribution is 1.45. The van der Waals surface area contributed by atoms with Crippen molar-refractivity contribution in [3.8, 4) is 0 Å². The van der Waals surface area contributed by atoms with E-state index in [0.717, 1.165) is 5.52 Å². The Morgan fingerprint density at radius 1 is 0.250 bits per heavy atom. The third-order valence-electron chi connectivity index (χ3n) is 11.8. The van der Waals surface area contributed by atoms with Crippen LogP contribution in [0.25, 0.3) is 32.4 Å². The van der Waals surface area contributed by atoms with E-state index in [2.05, 4.69) is 237 Å². The van der Waals surface area contributed by atoms with E-state index in [1.54, 1.807) is 0 Å². The fourth-order valence-corrected chi connectivity index (χ4v) is 20.0. The molecule has 0 radical (unpaired) electrons. The van der Waals surface area contributed by atoms with Gasteiger partial charge < -0.3 is 0 Å². The summed E-state index contributed by atoms with van der Waals surface area (Å²) in [6, 6.07) is 86.1. The van der Waals surface area contributed by atoms with Gasteiger partial charge in [-0.05, 0) is 63.7 Å². The lowest BCUT2D eigenvalue weighted by Gasteiger charge is -2.40. The van der Waals surface area contributed by atoms with E-state index in [0.29, 0.717) is 0 Å². The molecule has 0 saturated carbocycles. The number of hydrogen-bond donors (Lipinski definition) is 0. The molecule has 1 nitrogen and oxygen atoms in total.